The lowest BCUT2D eigenvalue weighted by Crippen LogP contribution is -2.54. The molecule has 0 spiro atoms. The van der Waals surface area contributed by atoms with E-state index in [1.165, 1.54) is 13.8 Å². The Hall–Kier alpha value is -0.980. The fourth-order valence-electron chi connectivity index (χ4n) is 0.992. The molecule has 1 amide bonds. The van der Waals surface area contributed by atoms with Gasteiger partial charge in [0.1, 0.15) is 12.2 Å². The van der Waals surface area contributed by atoms with Crippen molar-refractivity contribution in [2.45, 2.75) is 38.2 Å². The first-order chi connectivity index (χ1) is 6.40. The number of carbonyl (C=O) groups is 2. The van der Waals surface area contributed by atoms with Gasteiger partial charge in [-0.1, -0.05) is 0 Å². The topological polar surface area (TPSA) is 107 Å². The molecule has 0 saturated heterocycles. The molecule has 82 valence electrons. The monoisotopic (exact) mass is 205 g/mol. The molecule has 0 aromatic carbocycles. The van der Waals surface area contributed by atoms with Crippen LogP contribution in [-0.2, 0) is 9.59 Å². The van der Waals surface area contributed by atoms with E-state index >= 15 is 0 Å². The molecule has 4 N–H and O–H groups in total. The third-order valence-electron chi connectivity index (χ3n) is 1.74. The first kappa shape index (κ1) is 13.0. The summed E-state index contributed by atoms with van der Waals surface area (Å²) in [5.41, 5.74) is 0. The SMILES string of the molecule is CC(=O)N[C@H]([C@H](O)[C@@H](C)O)[C@H](O)C=O. The maximum Gasteiger partial charge on any atom is 0.217 e. The van der Waals surface area contributed by atoms with E-state index in [9.17, 15) is 14.7 Å². The van der Waals surface area contributed by atoms with Crippen LogP contribution in [-0.4, -0.2) is 51.9 Å². The molecule has 0 rings (SSSR count). The van der Waals surface area contributed by atoms with Crippen molar-refractivity contribution in [3.8, 4) is 0 Å². The second kappa shape index (κ2) is 5.69. The van der Waals surface area contributed by atoms with Crippen LogP contribution in [0.1, 0.15) is 13.8 Å². The van der Waals surface area contributed by atoms with Gasteiger partial charge in [0.25, 0.3) is 0 Å². The van der Waals surface area contributed by atoms with Gasteiger partial charge in [0.15, 0.2) is 6.29 Å². The molecule has 0 unspecified atom stereocenters. The van der Waals surface area contributed by atoms with E-state index < -0.39 is 30.3 Å². The third-order valence-corrected chi connectivity index (χ3v) is 1.74. The Morgan fingerprint density at radius 3 is 2.14 bits per heavy atom. The van der Waals surface area contributed by atoms with Crippen molar-refractivity contribution in [3.63, 3.8) is 0 Å². The molecule has 0 aliphatic heterocycles. The van der Waals surface area contributed by atoms with Gasteiger partial charge >= 0.3 is 0 Å². The zero-order chi connectivity index (χ0) is 11.3. The summed E-state index contributed by atoms with van der Waals surface area (Å²) < 4.78 is 0. The van der Waals surface area contributed by atoms with E-state index in [1.54, 1.807) is 0 Å². The van der Waals surface area contributed by atoms with Gasteiger partial charge in [0.05, 0.1) is 12.1 Å². The zero-order valence-corrected chi connectivity index (χ0v) is 8.04. The molecule has 0 aromatic rings. The van der Waals surface area contributed by atoms with Crippen LogP contribution in [0, 0.1) is 0 Å². The molecular weight excluding hydrogens is 190 g/mol. The molecule has 0 radical (unpaired) electrons. The van der Waals surface area contributed by atoms with Gasteiger partial charge < -0.3 is 25.4 Å². The summed E-state index contributed by atoms with van der Waals surface area (Å²) in [6.07, 6.45) is -3.89. The van der Waals surface area contributed by atoms with Crippen LogP contribution in [0.25, 0.3) is 0 Å². The molecule has 14 heavy (non-hydrogen) atoms. The smallest absolute Gasteiger partial charge is 0.217 e. The van der Waals surface area contributed by atoms with E-state index in [4.69, 9.17) is 10.2 Å². The first-order valence-electron chi connectivity index (χ1n) is 4.16. The maximum absolute atomic E-state index is 10.7. The second-order valence-corrected chi connectivity index (χ2v) is 3.08. The van der Waals surface area contributed by atoms with Crippen LogP contribution in [0.2, 0.25) is 0 Å². The summed E-state index contributed by atoms with van der Waals surface area (Å²) in [7, 11) is 0. The van der Waals surface area contributed by atoms with Gasteiger partial charge in [-0.05, 0) is 6.92 Å². The quantitative estimate of drug-likeness (QED) is 0.381. The number of hydrogen-bond donors (Lipinski definition) is 4. The average Bonchev–Trinajstić information content (AvgIpc) is 2.11. The Morgan fingerprint density at radius 2 is 1.86 bits per heavy atom. The van der Waals surface area contributed by atoms with Crippen LogP contribution >= 0.6 is 0 Å². The minimum absolute atomic E-state index is 0.187. The minimum Gasteiger partial charge on any atom is -0.391 e. The molecule has 0 saturated carbocycles. The van der Waals surface area contributed by atoms with Gasteiger partial charge in [0, 0.05) is 6.92 Å². The Balaban J connectivity index is 4.53. The molecular formula is C8H15NO5. The Bertz CT molecular complexity index is 206. The summed E-state index contributed by atoms with van der Waals surface area (Å²) in [6.45, 7) is 2.47. The molecule has 0 bridgehead atoms. The summed E-state index contributed by atoms with van der Waals surface area (Å²) in [6, 6.07) is -1.19. The zero-order valence-electron chi connectivity index (χ0n) is 8.04. The molecule has 0 fully saturated rings. The van der Waals surface area contributed by atoms with Gasteiger partial charge in [-0.3, -0.25) is 4.79 Å². The molecule has 4 atom stereocenters. The van der Waals surface area contributed by atoms with Crippen LogP contribution in [0.5, 0.6) is 0 Å². The summed E-state index contributed by atoms with van der Waals surface area (Å²) in [4.78, 5) is 20.9. The largest absolute Gasteiger partial charge is 0.391 e. The minimum atomic E-state index is -1.54. The Kier molecular flexibility index (Phi) is 5.29. The van der Waals surface area contributed by atoms with Gasteiger partial charge in [-0.15, -0.1) is 0 Å². The highest BCUT2D eigenvalue weighted by molar-refractivity contribution is 5.74. The number of aliphatic hydroxyl groups excluding tert-OH is 3. The van der Waals surface area contributed by atoms with Crippen molar-refractivity contribution >= 4 is 12.2 Å². The van der Waals surface area contributed by atoms with Gasteiger partial charge in [-0.25, -0.2) is 0 Å². The average molecular weight is 205 g/mol. The predicted octanol–water partition coefficient (Wildman–Crippen LogP) is -2.21. The van der Waals surface area contributed by atoms with Crippen LogP contribution in [0.4, 0.5) is 0 Å². The fraction of sp³-hybridized carbons (Fsp3) is 0.750. The van der Waals surface area contributed by atoms with Crippen LogP contribution in [0.3, 0.4) is 0 Å². The lowest BCUT2D eigenvalue weighted by Gasteiger charge is -2.26. The van der Waals surface area contributed by atoms with Crippen molar-refractivity contribution in [2.24, 2.45) is 0 Å². The van der Waals surface area contributed by atoms with E-state index in [0.29, 0.717) is 0 Å². The summed E-state index contributed by atoms with van der Waals surface area (Å²) in [5, 5.41) is 29.7. The van der Waals surface area contributed by atoms with E-state index in [1.807, 2.05) is 0 Å². The van der Waals surface area contributed by atoms with Crippen molar-refractivity contribution in [2.75, 3.05) is 0 Å². The first-order valence-corrected chi connectivity index (χ1v) is 4.16. The van der Waals surface area contributed by atoms with Crippen molar-refractivity contribution < 1.29 is 24.9 Å². The molecule has 6 nitrogen and oxygen atoms in total. The normalized spacial score (nSPS) is 19.2. The van der Waals surface area contributed by atoms with Crippen molar-refractivity contribution in [3.05, 3.63) is 0 Å². The lowest BCUT2D eigenvalue weighted by atomic mass is 10.0. The molecule has 0 aliphatic rings. The lowest BCUT2D eigenvalue weighted by molar-refractivity contribution is -0.126. The number of hydrogen-bond acceptors (Lipinski definition) is 5. The molecule has 6 heteroatoms. The van der Waals surface area contributed by atoms with Gasteiger partial charge in [-0.2, -0.15) is 0 Å². The highest BCUT2D eigenvalue weighted by Gasteiger charge is 2.30. The molecule has 0 heterocycles. The van der Waals surface area contributed by atoms with Crippen LogP contribution < -0.4 is 5.32 Å². The van der Waals surface area contributed by atoms with E-state index in [0.717, 1.165) is 0 Å². The standard InChI is InChI=1S/C8H15NO5/c1-4(11)8(14)7(6(13)3-10)9-5(2)12/h3-4,6-8,11,13-14H,1-2H3,(H,9,12)/t4-,6-,7+,8-/m1/s1. The number of nitrogens with one attached hydrogen (secondary N) is 1. The highest BCUT2D eigenvalue weighted by Crippen LogP contribution is 2.03. The summed E-state index contributed by atoms with van der Waals surface area (Å²) >= 11 is 0. The van der Waals surface area contributed by atoms with E-state index in [-0.39, 0.29) is 6.29 Å². The van der Waals surface area contributed by atoms with Gasteiger partial charge in [0.2, 0.25) is 5.91 Å². The van der Waals surface area contributed by atoms with E-state index in [2.05, 4.69) is 5.32 Å². The number of amides is 1. The fourth-order valence-corrected chi connectivity index (χ4v) is 0.992. The number of carbonyl (C=O) groups excluding carboxylic acids is 2. The van der Waals surface area contributed by atoms with Crippen molar-refractivity contribution in [1.29, 1.82) is 0 Å². The molecule has 0 aromatic heterocycles. The second-order valence-electron chi connectivity index (χ2n) is 3.08. The number of aliphatic hydroxyl groups is 3. The van der Waals surface area contributed by atoms with Crippen LogP contribution in [0.15, 0.2) is 0 Å². The number of rotatable bonds is 5. The highest BCUT2D eigenvalue weighted by atomic mass is 16.3. The predicted molar refractivity (Wildman–Crippen MR) is 47.4 cm³/mol. The Labute approximate surface area is 81.5 Å². The maximum atomic E-state index is 10.7. The molecule has 0 aliphatic carbocycles. The van der Waals surface area contributed by atoms with Crippen molar-refractivity contribution in [1.82, 2.24) is 5.32 Å². The number of aldehydes is 1. The Morgan fingerprint density at radius 1 is 1.36 bits per heavy atom. The third kappa shape index (κ3) is 3.82. The summed E-state index contributed by atoms with van der Waals surface area (Å²) in [5.74, 6) is -0.504.